The topological polar surface area (TPSA) is 77.6 Å². The van der Waals surface area contributed by atoms with Crippen LogP contribution in [0.15, 0.2) is 70.3 Å². The van der Waals surface area contributed by atoms with Crippen LogP contribution < -0.4 is 0 Å². The maximum atomic E-state index is 5.34. The third-order valence-electron chi connectivity index (χ3n) is 4.19. The van der Waals surface area contributed by atoms with E-state index in [-0.39, 0.29) is 5.25 Å². The van der Waals surface area contributed by atoms with Crippen molar-refractivity contribution in [2.24, 2.45) is 0 Å². The second-order valence-electron chi connectivity index (χ2n) is 6.19. The van der Waals surface area contributed by atoms with E-state index in [2.05, 4.69) is 20.3 Å². The van der Waals surface area contributed by atoms with Crippen LogP contribution in [0.5, 0.6) is 0 Å². The zero-order valence-corrected chi connectivity index (χ0v) is 16.4. The minimum Gasteiger partial charge on any atom is -0.338 e. The van der Waals surface area contributed by atoms with E-state index in [1.807, 2.05) is 74.5 Å². The van der Waals surface area contributed by atoms with Gasteiger partial charge in [0.05, 0.1) is 5.25 Å². The summed E-state index contributed by atoms with van der Waals surface area (Å²) in [5.41, 5.74) is 3.54. The lowest BCUT2D eigenvalue weighted by molar-refractivity contribution is 0.375. The van der Waals surface area contributed by atoms with E-state index in [9.17, 15) is 0 Å². The molecule has 0 aliphatic rings. The molecule has 4 rings (SSSR count). The highest BCUT2D eigenvalue weighted by Crippen LogP contribution is 2.34. The fourth-order valence-electron chi connectivity index (χ4n) is 2.73. The summed E-state index contributed by atoms with van der Waals surface area (Å²) >= 11 is 1.45. The van der Waals surface area contributed by atoms with Gasteiger partial charge in [-0.1, -0.05) is 84.5 Å². The van der Waals surface area contributed by atoms with Gasteiger partial charge in [-0.2, -0.15) is 4.98 Å². The molecule has 6 nitrogen and oxygen atoms in total. The Morgan fingerprint density at radius 3 is 2.11 bits per heavy atom. The number of hydrogen-bond donors (Lipinski definition) is 0. The molecule has 2 aromatic carbocycles. The van der Waals surface area contributed by atoms with Crippen LogP contribution in [0.25, 0.3) is 22.5 Å². The van der Waals surface area contributed by atoms with E-state index in [1.165, 1.54) is 11.8 Å². The second kappa shape index (κ2) is 8.31. The van der Waals surface area contributed by atoms with Gasteiger partial charge in [0, 0.05) is 17.5 Å². The zero-order chi connectivity index (χ0) is 19.3. The van der Waals surface area contributed by atoms with Gasteiger partial charge in [0.25, 0.3) is 0 Å². The molecule has 0 aliphatic carbocycles. The van der Waals surface area contributed by atoms with E-state index in [4.69, 9.17) is 9.51 Å². The molecule has 0 unspecified atom stereocenters. The average Bonchev–Trinajstić information content (AvgIpc) is 3.24. The van der Waals surface area contributed by atoms with Crippen molar-refractivity contribution in [1.82, 2.24) is 25.3 Å². The summed E-state index contributed by atoms with van der Waals surface area (Å²) in [6.07, 6.45) is 0.739. The van der Waals surface area contributed by atoms with Crippen LogP contribution in [0.1, 0.15) is 30.8 Å². The average molecular weight is 389 g/mol. The van der Waals surface area contributed by atoms with Gasteiger partial charge in [0.15, 0.2) is 5.82 Å². The first-order chi connectivity index (χ1) is 13.7. The number of thioether (sulfide) groups is 1. The molecule has 7 heteroatoms. The molecule has 0 radical (unpaired) electrons. The number of rotatable bonds is 6. The fourth-order valence-corrected chi connectivity index (χ4v) is 3.48. The quantitative estimate of drug-likeness (QED) is 0.429. The summed E-state index contributed by atoms with van der Waals surface area (Å²) < 4.78 is 5.34. The molecule has 140 valence electrons. The normalized spacial score (nSPS) is 12.1. The standard InChI is InChI=1S/C21H19N5OS/c1-3-17-22-20(27-26-17)14(2)28-21-23-18(15-10-6-4-7-11-15)19(24-25-21)16-12-8-5-9-13-16/h4-14H,3H2,1-2H3/t14-/m1/s1. The monoisotopic (exact) mass is 389 g/mol. The molecular formula is C21H19N5OS. The number of nitrogens with zero attached hydrogens (tertiary/aromatic N) is 5. The number of aromatic nitrogens is 5. The summed E-state index contributed by atoms with van der Waals surface area (Å²) in [6, 6.07) is 20.0. The lowest BCUT2D eigenvalue weighted by Gasteiger charge is -2.10. The van der Waals surface area contributed by atoms with Crippen LogP contribution in [-0.4, -0.2) is 25.3 Å². The van der Waals surface area contributed by atoms with Crippen LogP contribution >= 0.6 is 11.8 Å². The Morgan fingerprint density at radius 1 is 0.857 bits per heavy atom. The number of benzene rings is 2. The number of aryl methyl sites for hydroxylation is 1. The fraction of sp³-hybridized carbons (Fsp3) is 0.190. The van der Waals surface area contributed by atoms with E-state index >= 15 is 0 Å². The van der Waals surface area contributed by atoms with Crippen molar-refractivity contribution in [3.8, 4) is 22.5 Å². The van der Waals surface area contributed by atoms with Crippen molar-refractivity contribution in [2.45, 2.75) is 30.7 Å². The molecule has 4 aromatic rings. The molecule has 0 fully saturated rings. The maximum Gasteiger partial charge on any atom is 0.239 e. The minimum atomic E-state index is -0.0687. The first kappa shape index (κ1) is 18.3. The Bertz CT molecular complexity index is 1050. The van der Waals surface area contributed by atoms with Gasteiger partial charge < -0.3 is 4.52 Å². The second-order valence-corrected chi connectivity index (χ2v) is 7.49. The van der Waals surface area contributed by atoms with Crippen molar-refractivity contribution in [3.63, 3.8) is 0 Å². The molecule has 2 aromatic heterocycles. The molecule has 0 aliphatic heterocycles. The highest BCUT2D eigenvalue weighted by Gasteiger charge is 2.19. The van der Waals surface area contributed by atoms with Crippen LogP contribution in [0.4, 0.5) is 0 Å². The molecule has 0 saturated heterocycles. The molecule has 28 heavy (non-hydrogen) atoms. The summed E-state index contributed by atoms with van der Waals surface area (Å²) in [6.45, 7) is 3.99. The van der Waals surface area contributed by atoms with Crippen molar-refractivity contribution in [3.05, 3.63) is 72.4 Å². The third kappa shape index (κ3) is 3.94. The van der Waals surface area contributed by atoms with Crippen LogP contribution in [0.2, 0.25) is 0 Å². The molecule has 1 atom stereocenters. The molecule has 0 saturated carbocycles. The maximum absolute atomic E-state index is 5.34. The van der Waals surface area contributed by atoms with Crippen molar-refractivity contribution in [1.29, 1.82) is 0 Å². The Hall–Kier alpha value is -3.06. The first-order valence-electron chi connectivity index (χ1n) is 9.09. The SMILES string of the molecule is CCc1noc([C@@H](C)Sc2nnc(-c3ccccc3)c(-c3ccccc3)n2)n1. The van der Waals surface area contributed by atoms with E-state index in [0.717, 1.165) is 28.9 Å². The van der Waals surface area contributed by atoms with Gasteiger partial charge in [0.1, 0.15) is 11.4 Å². The molecular weight excluding hydrogens is 370 g/mol. The smallest absolute Gasteiger partial charge is 0.239 e. The molecule has 0 N–H and O–H groups in total. The Morgan fingerprint density at radius 2 is 1.50 bits per heavy atom. The van der Waals surface area contributed by atoms with Gasteiger partial charge in [-0.25, -0.2) is 4.98 Å². The van der Waals surface area contributed by atoms with Gasteiger partial charge in [0.2, 0.25) is 11.0 Å². The Balaban J connectivity index is 1.70. The highest BCUT2D eigenvalue weighted by atomic mass is 32.2. The van der Waals surface area contributed by atoms with Crippen molar-refractivity contribution in [2.75, 3.05) is 0 Å². The van der Waals surface area contributed by atoms with Gasteiger partial charge >= 0.3 is 0 Å². The Kier molecular flexibility index (Phi) is 5.43. The predicted molar refractivity (Wildman–Crippen MR) is 109 cm³/mol. The summed E-state index contributed by atoms with van der Waals surface area (Å²) in [7, 11) is 0. The molecule has 0 spiro atoms. The van der Waals surface area contributed by atoms with Crippen LogP contribution in [-0.2, 0) is 6.42 Å². The van der Waals surface area contributed by atoms with E-state index in [0.29, 0.717) is 16.9 Å². The molecule has 0 bridgehead atoms. The zero-order valence-electron chi connectivity index (χ0n) is 15.6. The van der Waals surface area contributed by atoms with Gasteiger partial charge in [-0.3, -0.25) is 0 Å². The summed E-state index contributed by atoms with van der Waals surface area (Å²) in [5.74, 6) is 1.27. The lowest BCUT2D eigenvalue weighted by Crippen LogP contribution is -2.00. The third-order valence-corrected chi connectivity index (χ3v) is 5.13. The minimum absolute atomic E-state index is 0.0687. The highest BCUT2D eigenvalue weighted by molar-refractivity contribution is 7.99. The lowest BCUT2D eigenvalue weighted by atomic mass is 10.0. The van der Waals surface area contributed by atoms with E-state index in [1.54, 1.807) is 0 Å². The Labute approximate surface area is 167 Å². The molecule has 2 heterocycles. The van der Waals surface area contributed by atoms with Crippen LogP contribution in [0, 0.1) is 0 Å². The van der Waals surface area contributed by atoms with Gasteiger partial charge in [-0.15, -0.1) is 10.2 Å². The predicted octanol–water partition coefficient (Wildman–Crippen LogP) is 5.00. The van der Waals surface area contributed by atoms with Crippen molar-refractivity contribution >= 4 is 11.8 Å². The summed E-state index contributed by atoms with van der Waals surface area (Å²) in [5, 5.41) is 13.3. The summed E-state index contributed by atoms with van der Waals surface area (Å²) in [4.78, 5) is 9.21. The van der Waals surface area contributed by atoms with Crippen molar-refractivity contribution < 1.29 is 4.52 Å². The van der Waals surface area contributed by atoms with Gasteiger partial charge in [-0.05, 0) is 6.92 Å². The largest absolute Gasteiger partial charge is 0.338 e. The molecule has 0 amide bonds. The number of hydrogen-bond acceptors (Lipinski definition) is 7. The first-order valence-corrected chi connectivity index (χ1v) is 9.97. The van der Waals surface area contributed by atoms with Crippen LogP contribution in [0.3, 0.4) is 0 Å². The van der Waals surface area contributed by atoms with E-state index < -0.39 is 0 Å².